The van der Waals surface area contributed by atoms with Crippen LogP contribution in [-0.4, -0.2) is 19.2 Å². The van der Waals surface area contributed by atoms with E-state index >= 15 is 0 Å². The van der Waals surface area contributed by atoms with E-state index in [0.29, 0.717) is 18.1 Å². The Kier molecular flexibility index (Phi) is 4.70. The van der Waals surface area contributed by atoms with Crippen LogP contribution in [0.15, 0.2) is 12.1 Å². The van der Waals surface area contributed by atoms with Crippen molar-refractivity contribution in [3.8, 4) is 0 Å². The molecule has 0 saturated carbocycles. The van der Waals surface area contributed by atoms with Gasteiger partial charge in [0.25, 0.3) is 0 Å². The lowest BCUT2D eigenvalue weighted by molar-refractivity contribution is 0.0929. The number of rotatable bonds is 4. The first-order chi connectivity index (χ1) is 8.88. The summed E-state index contributed by atoms with van der Waals surface area (Å²) in [5.74, 6) is 0.619. The minimum Gasteiger partial charge on any atom is -0.372 e. The van der Waals surface area contributed by atoms with E-state index in [9.17, 15) is 0 Å². The second kappa shape index (κ2) is 5.94. The molecular formula is C16H27NOS. The second-order valence-electron chi connectivity index (χ2n) is 6.86. The average molecular weight is 281 g/mol. The molecule has 1 aromatic rings. The van der Waals surface area contributed by atoms with Crippen molar-refractivity contribution in [1.82, 2.24) is 5.32 Å². The largest absolute Gasteiger partial charge is 0.372 e. The van der Waals surface area contributed by atoms with Crippen molar-refractivity contribution in [1.29, 1.82) is 0 Å². The summed E-state index contributed by atoms with van der Waals surface area (Å²) in [6.45, 7) is 13.2. The number of nitrogens with one attached hydrogen (secondary N) is 1. The second-order valence-corrected chi connectivity index (χ2v) is 7.97. The Labute approximate surface area is 121 Å². The van der Waals surface area contributed by atoms with Gasteiger partial charge in [-0.2, -0.15) is 0 Å². The lowest BCUT2D eigenvalue weighted by Gasteiger charge is -2.20. The fraction of sp³-hybridized carbons (Fsp3) is 0.750. The highest BCUT2D eigenvalue weighted by Gasteiger charge is 2.31. The fourth-order valence-electron chi connectivity index (χ4n) is 2.45. The van der Waals surface area contributed by atoms with Crippen molar-refractivity contribution in [3.05, 3.63) is 21.9 Å². The van der Waals surface area contributed by atoms with Crippen LogP contribution in [0.4, 0.5) is 0 Å². The summed E-state index contributed by atoms with van der Waals surface area (Å²) in [6.07, 6.45) is 1.47. The van der Waals surface area contributed by atoms with Crippen LogP contribution in [0.1, 0.15) is 56.9 Å². The van der Waals surface area contributed by atoms with Crippen LogP contribution in [-0.2, 0) is 10.2 Å². The van der Waals surface area contributed by atoms with Gasteiger partial charge in [0.2, 0.25) is 0 Å². The number of hydrogen-bond donors (Lipinski definition) is 1. The zero-order chi connectivity index (χ0) is 14.0. The molecule has 1 N–H and O–H groups in total. The van der Waals surface area contributed by atoms with E-state index in [2.05, 4.69) is 52.1 Å². The first-order valence-corrected chi connectivity index (χ1v) is 8.15. The highest BCUT2D eigenvalue weighted by atomic mass is 32.1. The number of ether oxygens (including phenoxy) is 1. The summed E-state index contributed by atoms with van der Waals surface area (Å²) < 4.78 is 5.98. The molecule has 0 radical (unpaired) electrons. The monoisotopic (exact) mass is 281 g/mol. The van der Waals surface area contributed by atoms with Gasteiger partial charge in [0.15, 0.2) is 0 Å². The third-order valence-corrected chi connectivity index (χ3v) is 5.22. The maximum absolute atomic E-state index is 5.98. The van der Waals surface area contributed by atoms with E-state index < -0.39 is 0 Å². The van der Waals surface area contributed by atoms with Gasteiger partial charge in [-0.15, -0.1) is 11.3 Å². The molecule has 108 valence electrons. The van der Waals surface area contributed by atoms with Crippen LogP contribution in [0.3, 0.4) is 0 Å². The van der Waals surface area contributed by atoms with Gasteiger partial charge < -0.3 is 10.1 Å². The molecule has 19 heavy (non-hydrogen) atoms. The Morgan fingerprint density at radius 3 is 2.68 bits per heavy atom. The Bertz CT molecular complexity index is 405. The molecule has 0 amide bonds. The predicted molar refractivity (Wildman–Crippen MR) is 83.0 cm³/mol. The normalized spacial score (nSPS) is 24.3. The Morgan fingerprint density at radius 2 is 2.11 bits per heavy atom. The summed E-state index contributed by atoms with van der Waals surface area (Å²) in [5.41, 5.74) is 0.243. The summed E-state index contributed by atoms with van der Waals surface area (Å²) in [5, 5.41) is 3.55. The van der Waals surface area contributed by atoms with Gasteiger partial charge in [0.05, 0.1) is 6.10 Å². The van der Waals surface area contributed by atoms with Crippen molar-refractivity contribution in [3.63, 3.8) is 0 Å². The molecule has 2 atom stereocenters. The van der Waals surface area contributed by atoms with Gasteiger partial charge >= 0.3 is 0 Å². The van der Waals surface area contributed by atoms with E-state index in [4.69, 9.17) is 4.74 Å². The molecule has 1 aliphatic heterocycles. The molecule has 1 aromatic heterocycles. The van der Waals surface area contributed by atoms with Crippen molar-refractivity contribution >= 4 is 11.3 Å². The lowest BCUT2D eigenvalue weighted by Crippen LogP contribution is -2.30. The van der Waals surface area contributed by atoms with Gasteiger partial charge in [0.1, 0.15) is 0 Å². The fourth-order valence-corrected chi connectivity index (χ4v) is 3.66. The van der Waals surface area contributed by atoms with Crippen LogP contribution in [0.5, 0.6) is 0 Å². The smallest absolute Gasteiger partial charge is 0.0957 e. The molecule has 0 aromatic carbocycles. The highest BCUT2D eigenvalue weighted by Crippen LogP contribution is 2.40. The maximum Gasteiger partial charge on any atom is 0.0957 e. The van der Waals surface area contributed by atoms with Crippen LogP contribution in [0, 0.1) is 5.92 Å². The minimum absolute atomic E-state index is 0.243. The van der Waals surface area contributed by atoms with E-state index in [1.165, 1.54) is 16.2 Å². The number of hydrogen-bond acceptors (Lipinski definition) is 3. The van der Waals surface area contributed by atoms with Crippen molar-refractivity contribution in [2.24, 2.45) is 5.92 Å². The molecule has 2 rings (SSSR count). The van der Waals surface area contributed by atoms with Crippen LogP contribution in [0.2, 0.25) is 0 Å². The zero-order valence-corrected chi connectivity index (χ0v) is 13.6. The van der Waals surface area contributed by atoms with Crippen LogP contribution >= 0.6 is 11.3 Å². The van der Waals surface area contributed by atoms with E-state index in [0.717, 1.165) is 13.2 Å². The Balaban J connectivity index is 2.05. The van der Waals surface area contributed by atoms with Crippen molar-refractivity contribution < 1.29 is 4.74 Å². The first kappa shape index (κ1) is 15.0. The van der Waals surface area contributed by atoms with Crippen LogP contribution < -0.4 is 5.32 Å². The van der Waals surface area contributed by atoms with E-state index in [-0.39, 0.29) is 5.41 Å². The molecule has 0 aliphatic carbocycles. The van der Waals surface area contributed by atoms with Gasteiger partial charge in [0, 0.05) is 34.9 Å². The van der Waals surface area contributed by atoms with E-state index in [1.54, 1.807) is 0 Å². The molecule has 0 bridgehead atoms. The Morgan fingerprint density at radius 1 is 1.37 bits per heavy atom. The standard InChI is InChI=1S/C16H27NOS/c1-11(2)17-10-12-8-9-18-15(12)13-6-7-14(19-13)16(3,4)5/h6-7,11-12,15,17H,8-10H2,1-5H3. The molecule has 2 heterocycles. The average Bonchev–Trinajstić information content (AvgIpc) is 2.93. The molecule has 3 heteroatoms. The molecule has 1 fully saturated rings. The summed E-state index contributed by atoms with van der Waals surface area (Å²) in [4.78, 5) is 2.85. The SMILES string of the molecule is CC(C)NCC1CCOC1c1ccc(C(C)(C)C)s1. The lowest BCUT2D eigenvalue weighted by atomic mass is 9.95. The molecule has 1 saturated heterocycles. The molecule has 1 aliphatic rings. The van der Waals surface area contributed by atoms with Gasteiger partial charge in [-0.3, -0.25) is 0 Å². The first-order valence-electron chi connectivity index (χ1n) is 7.33. The quantitative estimate of drug-likeness (QED) is 0.896. The van der Waals surface area contributed by atoms with E-state index in [1.807, 2.05) is 11.3 Å². The van der Waals surface area contributed by atoms with Crippen LogP contribution in [0.25, 0.3) is 0 Å². The number of thiophene rings is 1. The maximum atomic E-state index is 5.98. The highest BCUT2D eigenvalue weighted by molar-refractivity contribution is 7.12. The topological polar surface area (TPSA) is 21.3 Å². The molecular weight excluding hydrogens is 254 g/mol. The molecule has 2 nitrogen and oxygen atoms in total. The predicted octanol–water partition coefficient (Wildman–Crippen LogP) is 4.12. The molecule has 0 spiro atoms. The minimum atomic E-state index is 0.243. The third kappa shape index (κ3) is 3.80. The van der Waals surface area contributed by atoms with Crippen molar-refractivity contribution in [2.75, 3.05) is 13.2 Å². The van der Waals surface area contributed by atoms with Gasteiger partial charge in [-0.1, -0.05) is 34.6 Å². The third-order valence-electron chi connectivity index (χ3n) is 3.65. The van der Waals surface area contributed by atoms with Crippen molar-refractivity contribution in [2.45, 2.75) is 58.6 Å². The summed E-state index contributed by atoms with van der Waals surface area (Å²) in [6, 6.07) is 5.09. The summed E-state index contributed by atoms with van der Waals surface area (Å²) in [7, 11) is 0. The Hall–Kier alpha value is -0.380. The van der Waals surface area contributed by atoms with Gasteiger partial charge in [-0.05, 0) is 24.0 Å². The molecule has 2 unspecified atom stereocenters. The summed E-state index contributed by atoms with van der Waals surface area (Å²) >= 11 is 1.92. The zero-order valence-electron chi connectivity index (χ0n) is 12.8. The van der Waals surface area contributed by atoms with Gasteiger partial charge in [-0.25, -0.2) is 0 Å².